The van der Waals surface area contributed by atoms with E-state index in [1.165, 1.54) is 0 Å². The van der Waals surface area contributed by atoms with Gasteiger partial charge in [0.25, 0.3) is 0 Å². The van der Waals surface area contributed by atoms with Gasteiger partial charge in [0.15, 0.2) is 11.5 Å². The molecule has 1 aromatic heterocycles. The highest BCUT2D eigenvalue weighted by molar-refractivity contribution is 5.42. The maximum absolute atomic E-state index is 10.6. The Morgan fingerprint density at radius 1 is 0.893 bits per heavy atom. The predicted octanol–water partition coefficient (Wildman–Crippen LogP) is 3.90. The second-order valence-corrected chi connectivity index (χ2v) is 6.78. The smallest absolute Gasteiger partial charge is 0.161 e. The van der Waals surface area contributed by atoms with Crippen LogP contribution in [0.2, 0.25) is 0 Å². The zero-order valence-electron chi connectivity index (χ0n) is 16.4. The summed E-state index contributed by atoms with van der Waals surface area (Å²) >= 11 is 0. The number of nitrogens with zero attached hydrogens (tertiary/aromatic N) is 1. The average Bonchev–Trinajstić information content (AvgIpc) is 3.21. The molecular formula is C23H27NO4. The van der Waals surface area contributed by atoms with Gasteiger partial charge in [0, 0.05) is 13.1 Å². The second kappa shape index (κ2) is 9.97. The highest BCUT2D eigenvalue weighted by Crippen LogP contribution is 2.28. The zero-order chi connectivity index (χ0) is 19.8. The Balaban J connectivity index is 1.71. The summed E-state index contributed by atoms with van der Waals surface area (Å²) in [6, 6.07) is 19.8. The molecule has 0 amide bonds. The first kappa shape index (κ1) is 20.0. The van der Waals surface area contributed by atoms with Crippen LogP contribution in [-0.2, 0) is 19.5 Å². The van der Waals surface area contributed by atoms with Crippen LogP contribution >= 0.6 is 0 Å². The summed E-state index contributed by atoms with van der Waals surface area (Å²) in [4.78, 5) is 2.17. The number of aliphatic hydroxyl groups is 1. The Morgan fingerprint density at radius 3 is 2.36 bits per heavy atom. The molecule has 5 nitrogen and oxygen atoms in total. The van der Waals surface area contributed by atoms with Crippen molar-refractivity contribution in [3.05, 3.63) is 83.8 Å². The number of benzene rings is 2. The lowest BCUT2D eigenvalue weighted by Gasteiger charge is -2.25. The Kier molecular flexibility index (Phi) is 7.12. The van der Waals surface area contributed by atoms with Crippen molar-refractivity contribution in [1.82, 2.24) is 4.90 Å². The first-order valence-corrected chi connectivity index (χ1v) is 9.35. The average molecular weight is 381 g/mol. The molecule has 148 valence electrons. The van der Waals surface area contributed by atoms with E-state index in [1.54, 1.807) is 20.5 Å². The van der Waals surface area contributed by atoms with Gasteiger partial charge in [-0.05, 0) is 41.8 Å². The Hall–Kier alpha value is -2.76. The lowest BCUT2D eigenvalue weighted by Crippen LogP contribution is -2.32. The Bertz CT molecular complexity index is 833. The molecule has 1 unspecified atom stereocenters. The number of furan rings is 1. The van der Waals surface area contributed by atoms with Crippen molar-refractivity contribution in [3.8, 4) is 11.5 Å². The van der Waals surface area contributed by atoms with Crippen LogP contribution in [0.1, 0.15) is 16.9 Å². The molecule has 0 fully saturated rings. The summed E-state index contributed by atoms with van der Waals surface area (Å²) in [5.41, 5.74) is 2.20. The highest BCUT2D eigenvalue weighted by atomic mass is 16.5. The zero-order valence-corrected chi connectivity index (χ0v) is 16.4. The van der Waals surface area contributed by atoms with Crippen LogP contribution in [-0.4, -0.2) is 36.9 Å². The van der Waals surface area contributed by atoms with Crippen molar-refractivity contribution < 1.29 is 19.0 Å². The van der Waals surface area contributed by atoms with Crippen molar-refractivity contribution in [2.75, 3.05) is 20.8 Å². The molecular weight excluding hydrogens is 354 g/mol. The van der Waals surface area contributed by atoms with Crippen molar-refractivity contribution >= 4 is 0 Å². The molecule has 28 heavy (non-hydrogen) atoms. The topological polar surface area (TPSA) is 55.1 Å². The fourth-order valence-electron chi connectivity index (χ4n) is 3.29. The number of hydrogen-bond donors (Lipinski definition) is 1. The Labute approximate surface area is 166 Å². The van der Waals surface area contributed by atoms with E-state index in [4.69, 9.17) is 13.9 Å². The molecule has 5 heteroatoms. The van der Waals surface area contributed by atoms with E-state index in [-0.39, 0.29) is 0 Å². The van der Waals surface area contributed by atoms with Gasteiger partial charge in [-0.1, -0.05) is 36.4 Å². The summed E-state index contributed by atoms with van der Waals surface area (Å²) in [5.74, 6) is 2.27. The summed E-state index contributed by atoms with van der Waals surface area (Å²) in [7, 11) is 3.26. The van der Waals surface area contributed by atoms with Crippen LogP contribution in [0.5, 0.6) is 11.5 Å². The molecule has 0 bridgehead atoms. The third-order valence-electron chi connectivity index (χ3n) is 4.60. The van der Waals surface area contributed by atoms with E-state index in [2.05, 4.69) is 4.90 Å². The van der Waals surface area contributed by atoms with Gasteiger partial charge >= 0.3 is 0 Å². The summed E-state index contributed by atoms with van der Waals surface area (Å²) < 4.78 is 16.2. The van der Waals surface area contributed by atoms with Gasteiger partial charge in [-0.2, -0.15) is 0 Å². The largest absolute Gasteiger partial charge is 0.493 e. The van der Waals surface area contributed by atoms with E-state index < -0.39 is 6.10 Å². The first-order chi connectivity index (χ1) is 13.7. The van der Waals surface area contributed by atoms with Crippen LogP contribution < -0.4 is 9.47 Å². The molecule has 3 aromatic rings. The third-order valence-corrected chi connectivity index (χ3v) is 4.60. The predicted molar refractivity (Wildman–Crippen MR) is 109 cm³/mol. The van der Waals surface area contributed by atoms with Gasteiger partial charge in [0.2, 0.25) is 0 Å². The first-order valence-electron chi connectivity index (χ1n) is 9.35. The minimum Gasteiger partial charge on any atom is -0.493 e. The van der Waals surface area contributed by atoms with Gasteiger partial charge in [-0.15, -0.1) is 0 Å². The number of rotatable bonds is 10. The maximum atomic E-state index is 10.6. The molecule has 0 aliphatic carbocycles. The number of hydrogen-bond acceptors (Lipinski definition) is 5. The van der Waals surface area contributed by atoms with E-state index in [0.29, 0.717) is 37.6 Å². The molecule has 1 atom stereocenters. The van der Waals surface area contributed by atoms with Gasteiger partial charge in [0.1, 0.15) is 5.76 Å². The minimum absolute atomic E-state index is 0.475. The summed E-state index contributed by atoms with van der Waals surface area (Å²) in [5, 5.41) is 10.6. The molecule has 3 rings (SSSR count). The van der Waals surface area contributed by atoms with Crippen molar-refractivity contribution in [2.24, 2.45) is 0 Å². The summed E-state index contributed by atoms with van der Waals surface area (Å²) in [6.07, 6.45) is 1.81. The quantitative estimate of drug-likeness (QED) is 0.577. The standard InChI is InChI=1S/C23H27NO4/c1-26-22-11-10-19(14-23(22)27-2)15-24(17-21-9-6-12-28-21)16-20(25)13-18-7-4-3-5-8-18/h3-12,14,20,25H,13,15-17H2,1-2H3. The van der Waals surface area contributed by atoms with Crippen molar-refractivity contribution in [1.29, 1.82) is 0 Å². The van der Waals surface area contributed by atoms with Crippen LogP contribution in [0.15, 0.2) is 71.3 Å². The normalized spacial score (nSPS) is 12.1. The van der Waals surface area contributed by atoms with Crippen molar-refractivity contribution in [2.45, 2.75) is 25.6 Å². The monoisotopic (exact) mass is 381 g/mol. The van der Waals surface area contributed by atoms with Gasteiger partial charge in [-0.3, -0.25) is 4.90 Å². The van der Waals surface area contributed by atoms with Crippen LogP contribution in [0.4, 0.5) is 0 Å². The van der Waals surface area contributed by atoms with Crippen LogP contribution in [0.3, 0.4) is 0 Å². The maximum Gasteiger partial charge on any atom is 0.161 e. The fraction of sp³-hybridized carbons (Fsp3) is 0.304. The Morgan fingerprint density at radius 2 is 1.68 bits per heavy atom. The lowest BCUT2D eigenvalue weighted by atomic mass is 10.1. The number of ether oxygens (including phenoxy) is 2. The number of methoxy groups -OCH3 is 2. The molecule has 2 aromatic carbocycles. The second-order valence-electron chi connectivity index (χ2n) is 6.78. The van der Waals surface area contributed by atoms with E-state index in [0.717, 1.165) is 16.9 Å². The molecule has 0 radical (unpaired) electrons. The molecule has 0 spiro atoms. The van der Waals surface area contributed by atoms with Gasteiger partial charge in [-0.25, -0.2) is 0 Å². The molecule has 0 saturated carbocycles. The number of aliphatic hydroxyl groups excluding tert-OH is 1. The van der Waals surface area contributed by atoms with Crippen molar-refractivity contribution in [3.63, 3.8) is 0 Å². The fourth-order valence-corrected chi connectivity index (χ4v) is 3.29. The lowest BCUT2D eigenvalue weighted by molar-refractivity contribution is 0.100. The SMILES string of the molecule is COc1ccc(CN(Cc2ccco2)CC(O)Cc2ccccc2)cc1OC. The molecule has 0 aliphatic rings. The molecule has 0 saturated heterocycles. The van der Waals surface area contributed by atoms with E-state index in [1.807, 2.05) is 60.7 Å². The third kappa shape index (κ3) is 5.62. The van der Waals surface area contributed by atoms with Gasteiger partial charge < -0.3 is 19.0 Å². The minimum atomic E-state index is -0.475. The van der Waals surface area contributed by atoms with Crippen LogP contribution in [0.25, 0.3) is 0 Å². The molecule has 1 heterocycles. The highest BCUT2D eigenvalue weighted by Gasteiger charge is 2.16. The molecule has 1 N–H and O–H groups in total. The van der Waals surface area contributed by atoms with Crippen LogP contribution in [0, 0.1) is 0 Å². The molecule has 0 aliphatic heterocycles. The van der Waals surface area contributed by atoms with E-state index >= 15 is 0 Å². The van der Waals surface area contributed by atoms with Gasteiger partial charge in [0.05, 0.1) is 33.1 Å². The van der Waals surface area contributed by atoms with E-state index in [9.17, 15) is 5.11 Å². The summed E-state index contributed by atoms with van der Waals surface area (Å²) in [6.45, 7) is 1.81.